The molecule has 180 valence electrons. The number of fused-ring (bicyclic) bond motifs is 1. The maximum Gasteiger partial charge on any atom is 0.195 e. The van der Waals surface area contributed by atoms with Crippen LogP contribution < -0.4 is 4.74 Å². The van der Waals surface area contributed by atoms with E-state index in [9.17, 15) is 4.79 Å². The molecule has 0 atom stereocenters. The molecular formula is C30H30ClNO2S. The molecule has 5 rings (SSSR count). The van der Waals surface area contributed by atoms with E-state index < -0.39 is 0 Å². The van der Waals surface area contributed by atoms with Gasteiger partial charge in [0.25, 0.3) is 0 Å². The molecule has 0 aliphatic carbocycles. The molecule has 3 nitrogen and oxygen atoms in total. The third-order valence-electron chi connectivity index (χ3n) is 6.67. The number of ketones is 1. The highest BCUT2D eigenvalue weighted by molar-refractivity contribution is 7.22. The summed E-state index contributed by atoms with van der Waals surface area (Å²) in [7, 11) is 0. The van der Waals surface area contributed by atoms with Gasteiger partial charge in [0, 0.05) is 37.7 Å². The number of halogens is 1. The van der Waals surface area contributed by atoms with Crippen LogP contribution in [0.15, 0.2) is 72.8 Å². The minimum atomic E-state index is 0.0274. The molecule has 3 aromatic carbocycles. The highest BCUT2D eigenvalue weighted by atomic mass is 35.5. The van der Waals surface area contributed by atoms with Crippen molar-refractivity contribution in [3.8, 4) is 16.2 Å². The second kappa shape index (κ2) is 11.4. The second-order valence-corrected chi connectivity index (χ2v) is 10.6. The Balaban J connectivity index is 1.32. The van der Waals surface area contributed by atoms with E-state index in [-0.39, 0.29) is 5.78 Å². The molecular weight excluding hydrogens is 474 g/mol. The number of carbonyl (C=O) groups is 1. The van der Waals surface area contributed by atoms with Crippen molar-refractivity contribution in [2.24, 2.45) is 0 Å². The standard InChI is InChI=1S/C30H30ClNO2S/c31-24-14-10-23(11-15-24)30-28(26-8-4-5-9-27(26)35-30)29(33)22-12-16-25(17-13-22)34-21-20-32-18-6-2-1-3-7-19-32/h4-5,8-17H,1-3,6-7,18-21H2. The quantitative estimate of drug-likeness (QED) is 0.238. The lowest BCUT2D eigenvalue weighted by atomic mass is 9.97. The molecule has 1 fully saturated rings. The van der Waals surface area contributed by atoms with Gasteiger partial charge in [-0.1, -0.05) is 61.2 Å². The van der Waals surface area contributed by atoms with E-state index in [4.69, 9.17) is 16.3 Å². The molecule has 1 aliphatic rings. The van der Waals surface area contributed by atoms with Gasteiger partial charge < -0.3 is 4.74 Å². The van der Waals surface area contributed by atoms with Crippen LogP contribution in [0.25, 0.3) is 20.5 Å². The SMILES string of the molecule is O=C(c1ccc(OCCN2CCCCCCC2)cc1)c1c(-c2ccc(Cl)cc2)sc2ccccc12. The summed E-state index contributed by atoms with van der Waals surface area (Å²) < 4.78 is 7.12. The summed E-state index contributed by atoms with van der Waals surface area (Å²) in [6.45, 7) is 3.96. The van der Waals surface area contributed by atoms with Gasteiger partial charge in [-0.3, -0.25) is 9.69 Å². The lowest BCUT2D eigenvalue weighted by Crippen LogP contribution is -2.31. The summed E-state index contributed by atoms with van der Waals surface area (Å²) in [5.41, 5.74) is 2.42. The van der Waals surface area contributed by atoms with Gasteiger partial charge in [-0.25, -0.2) is 0 Å². The van der Waals surface area contributed by atoms with E-state index in [0.29, 0.717) is 17.2 Å². The fourth-order valence-electron chi connectivity index (χ4n) is 4.75. The summed E-state index contributed by atoms with van der Waals surface area (Å²) in [4.78, 5) is 17.2. The van der Waals surface area contributed by atoms with Crippen LogP contribution in [0.4, 0.5) is 0 Å². The fourth-order valence-corrected chi connectivity index (χ4v) is 6.08. The fraction of sp³-hybridized carbons (Fsp3) is 0.300. The second-order valence-electron chi connectivity index (χ2n) is 9.12. The average molecular weight is 504 g/mol. The molecule has 4 aromatic rings. The molecule has 0 N–H and O–H groups in total. The molecule has 1 aliphatic heterocycles. The van der Waals surface area contributed by atoms with E-state index in [2.05, 4.69) is 11.0 Å². The van der Waals surface area contributed by atoms with Gasteiger partial charge in [-0.15, -0.1) is 11.3 Å². The van der Waals surface area contributed by atoms with E-state index in [0.717, 1.165) is 38.4 Å². The number of benzene rings is 3. The van der Waals surface area contributed by atoms with Crippen molar-refractivity contribution in [2.75, 3.05) is 26.2 Å². The van der Waals surface area contributed by atoms with Crippen LogP contribution in [0.2, 0.25) is 5.02 Å². The minimum Gasteiger partial charge on any atom is -0.492 e. The Hall–Kier alpha value is -2.66. The third kappa shape index (κ3) is 5.78. The molecule has 1 saturated heterocycles. The summed E-state index contributed by atoms with van der Waals surface area (Å²) in [6, 6.07) is 23.4. The minimum absolute atomic E-state index is 0.0274. The maximum absolute atomic E-state index is 13.7. The Kier molecular flexibility index (Phi) is 7.82. The molecule has 0 bridgehead atoms. The van der Waals surface area contributed by atoms with E-state index in [1.54, 1.807) is 11.3 Å². The van der Waals surface area contributed by atoms with Crippen molar-refractivity contribution in [1.82, 2.24) is 4.90 Å². The van der Waals surface area contributed by atoms with Crippen LogP contribution in [0, 0.1) is 0 Å². The molecule has 0 saturated carbocycles. The van der Waals surface area contributed by atoms with E-state index in [1.165, 1.54) is 45.2 Å². The van der Waals surface area contributed by atoms with Crippen LogP contribution in [0.1, 0.15) is 48.0 Å². The molecule has 0 unspecified atom stereocenters. The zero-order valence-corrected chi connectivity index (χ0v) is 21.4. The number of hydrogen-bond acceptors (Lipinski definition) is 4. The predicted octanol–water partition coefficient (Wildman–Crippen LogP) is 8.10. The molecule has 5 heteroatoms. The predicted molar refractivity (Wildman–Crippen MR) is 147 cm³/mol. The molecule has 2 heterocycles. The number of carbonyl (C=O) groups excluding carboxylic acids is 1. The van der Waals surface area contributed by atoms with Crippen LogP contribution in [0.5, 0.6) is 5.75 Å². The van der Waals surface area contributed by atoms with Gasteiger partial charge in [0.05, 0.1) is 0 Å². The number of ether oxygens (including phenoxy) is 1. The number of likely N-dealkylation sites (tertiary alicyclic amines) is 1. The van der Waals surface area contributed by atoms with Crippen molar-refractivity contribution in [3.63, 3.8) is 0 Å². The number of nitrogens with zero attached hydrogens (tertiary/aromatic N) is 1. The Morgan fingerprint density at radius 1 is 0.857 bits per heavy atom. The monoisotopic (exact) mass is 503 g/mol. The highest BCUT2D eigenvalue weighted by Gasteiger charge is 2.21. The van der Waals surface area contributed by atoms with Crippen molar-refractivity contribution in [2.45, 2.75) is 32.1 Å². The summed E-state index contributed by atoms with van der Waals surface area (Å²) in [5, 5.41) is 1.67. The van der Waals surface area contributed by atoms with Gasteiger partial charge in [0.15, 0.2) is 5.78 Å². The molecule has 0 radical (unpaired) electrons. The molecule has 0 spiro atoms. The van der Waals surface area contributed by atoms with Crippen LogP contribution >= 0.6 is 22.9 Å². The lowest BCUT2D eigenvalue weighted by Gasteiger charge is -2.24. The van der Waals surface area contributed by atoms with Gasteiger partial charge in [0.1, 0.15) is 12.4 Å². The number of hydrogen-bond donors (Lipinski definition) is 0. The van der Waals surface area contributed by atoms with Gasteiger partial charge >= 0.3 is 0 Å². The van der Waals surface area contributed by atoms with Crippen molar-refractivity contribution >= 4 is 38.8 Å². The van der Waals surface area contributed by atoms with Crippen LogP contribution in [0.3, 0.4) is 0 Å². The third-order valence-corrected chi connectivity index (χ3v) is 8.14. The van der Waals surface area contributed by atoms with Crippen LogP contribution in [-0.2, 0) is 0 Å². The average Bonchev–Trinajstić information content (AvgIpc) is 3.25. The first kappa shape index (κ1) is 24.1. The zero-order valence-electron chi connectivity index (χ0n) is 19.8. The highest BCUT2D eigenvalue weighted by Crippen LogP contribution is 2.40. The van der Waals surface area contributed by atoms with Crippen molar-refractivity contribution in [3.05, 3.63) is 88.9 Å². The largest absolute Gasteiger partial charge is 0.492 e. The molecule has 1 aromatic heterocycles. The first-order valence-corrected chi connectivity index (χ1v) is 13.7. The Labute approximate surface area is 216 Å². The molecule has 0 amide bonds. The lowest BCUT2D eigenvalue weighted by molar-refractivity contribution is 0.104. The summed E-state index contributed by atoms with van der Waals surface area (Å²) >= 11 is 7.75. The smallest absolute Gasteiger partial charge is 0.195 e. The number of rotatable bonds is 7. The first-order valence-electron chi connectivity index (χ1n) is 12.5. The van der Waals surface area contributed by atoms with Crippen LogP contribution in [-0.4, -0.2) is 36.9 Å². The summed E-state index contributed by atoms with van der Waals surface area (Å²) in [6.07, 6.45) is 6.62. The number of thiophene rings is 1. The Bertz CT molecular complexity index is 1270. The summed E-state index contributed by atoms with van der Waals surface area (Å²) in [5.74, 6) is 0.835. The normalized spacial score (nSPS) is 15.0. The maximum atomic E-state index is 13.7. The zero-order chi connectivity index (χ0) is 24.0. The molecule has 35 heavy (non-hydrogen) atoms. The van der Waals surface area contributed by atoms with E-state index in [1.807, 2.05) is 66.7 Å². The van der Waals surface area contributed by atoms with Gasteiger partial charge in [-0.05, 0) is 74.0 Å². The van der Waals surface area contributed by atoms with Crippen molar-refractivity contribution in [1.29, 1.82) is 0 Å². The Morgan fingerprint density at radius 3 is 2.29 bits per heavy atom. The first-order chi connectivity index (χ1) is 17.2. The van der Waals surface area contributed by atoms with E-state index >= 15 is 0 Å². The topological polar surface area (TPSA) is 29.5 Å². The van der Waals surface area contributed by atoms with Gasteiger partial charge in [-0.2, -0.15) is 0 Å². The van der Waals surface area contributed by atoms with Gasteiger partial charge in [0.2, 0.25) is 0 Å². The van der Waals surface area contributed by atoms with Crippen molar-refractivity contribution < 1.29 is 9.53 Å². The Morgan fingerprint density at radius 2 is 1.54 bits per heavy atom.